The lowest BCUT2D eigenvalue weighted by atomic mass is 10.1. The predicted octanol–water partition coefficient (Wildman–Crippen LogP) is 3.72. The van der Waals surface area contributed by atoms with Gasteiger partial charge in [0.15, 0.2) is 5.82 Å². The van der Waals surface area contributed by atoms with E-state index in [1.807, 2.05) is 30.1 Å². The summed E-state index contributed by atoms with van der Waals surface area (Å²) in [7, 11) is 1.99. The molecule has 0 N–H and O–H groups in total. The van der Waals surface area contributed by atoms with Crippen LogP contribution >= 0.6 is 0 Å². The highest BCUT2D eigenvalue weighted by Gasteiger charge is 2.29. The zero-order valence-corrected chi connectivity index (χ0v) is 13.8. The molecule has 0 aliphatic carbocycles. The summed E-state index contributed by atoms with van der Waals surface area (Å²) in [6.07, 6.45) is 2.70. The van der Waals surface area contributed by atoms with Crippen LogP contribution < -0.4 is 9.80 Å². The average molecular weight is 317 g/mol. The highest BCUT2D eigenvalue weighted by Crippen LogP contribution is 2.36. The van der Waals surface area contributed by atoms with Gasteiger partial charge in [-0.2, -0.15) is 10.1 Å². The number of benzene rings is 2. The summed E-state index contributed by atoms with van der Waals surface area (Å²) in [6.45, 7) is 2.19. The van der Waals surface area contributed by atoms with E-state index in [1.54, 1.807) is 6.20 Å². The van der Waals surface area contributed by atoms with Crippen LogP contribution in [0.2, 0.25) is 0 Å². The van der Waals surface area contributed by atoms with Crippen molar-refractivity contribution in [3.05, 3.63) is 66.4 Å². The van der Waals surface area contributed by atoms with Gasteiger partial charge in [-0.3, -0.25) is 0 Å². The van der Waals surface area contributed by atoms with E-state index in [2.05, 4.69) is 58.4 Å². The summed E-state index contributed by atoms with van der Waals surface area (Å²) >= 11 is 0. The largest absolute Gasteiger partial charge is 0.328 e. The molecule has 0 radical (unpaired) electrons. The summed E-state index contributed by atoms with van der Waals surface area (Å²) in [5.41, 5.74) is 3.57. The molecule has 1 unspecified atom stereocenters. The van der Waals surface area contributed by atoms with E-state index in [-0.39, 0.29) is 0 Å². The van der Waals surface area contributed by atoms with Gasteiger partial charge in [-0.25, -0.2) is 0 Å². The molecule has 1 aliphatic rings. The maximum atomic E-state index is 4.76. The quantitative estimate of drug-likeness (QED) is 0.736. The first-order valence-corrected chi connectivity index (χ1v) is 8.09. The Kier molecular flexibility index (Phi) is 3.61. The van der Waals surface area contributed by atoms with Gasteiger partial charge in [0.25, 0.3) is 5.95 Å². The Morgan fingerprint density at radius 2 is 1.79 bits per heavy atom. The second kappa shape index (κ2) is 5.92. The molecule has 1 atom stereocenters. The fourth-order valence-electron chi connectivity index (χ4n) is 3.20. The van der Waals surface area contributed by atoms with Crippen molar-refractivity contribution in [1.29, 1.82) is 0 Å². The average Bonchev–Trinajstić information content (AvgIpc) is 2.97. The molecule has 0 bridgehead atoms. The zero-order valence-electron chi connectivity index (χ0n) is 13.8. The Bertz CT molecular complexity index is 849. The second-order valence-corrected chi connectivity index (χ2v) is 6.06. The lowest BCUT2D eigenvalue weighted by molar-refractivity contribution is 0.729. The molecular formula is C19H19N5. The van der Waals surface area contributed by atoms with Crippen molar-refractivity contribution >= 4 is 23.1 Å². The van der Waals surface area contributed by atoms with E-state index >= 15 is 0 Å². The molecule has 1 aromatic heterocycles. The summed E-state index contributed by atoms with van der Waals surface area (Å²) in [5, 5.41) is 8.47. The lowest BCUT2D eigenvalue weighted by Crippen LogP contribution is -2.27. The second-order valence-electron chi connectivity index (χ2n) is 6.06. The van der Waals surface area contributed by atoms with E-state index in [1.165, 1.54) is 11.3 Å². The minimum atomic E-state index is 0.321. The predicted molar refractivity (Wildman–Crippen MR) is 96.1 cm³/mol. The fraction of sp³-hybridized carbons (Fsp3) is 0.211. The minimum Gasteiger partial charge on any atom is -0.328 e. The third-order valence-electron chi connectivity index (χ3n) is 4.44. The standard InChI is InChI=1S/C19H19N5/c1-14-12-15-8-6-7-11-17(15)24(14)19-21-18(13-20-22-19)23(2)16-9-4-3-5-10-16/h3-11,13-14H,12H2,1-2H3. The Hall–Kier alpha value is -2.95. The Morgan fingerprint density at radius 3 is 2.62 bits per heavy atom. The minimum absolute atomic E-state index is 0.321. The first-order chi connectivity index (χ1) is 11.7. The van der Waals surface area contributed by atoms with Gasteiger partial charge in [0.05, 0.1) is 6.20 Å². The van der Waals surface area contributed by atoms with Gasteiger partial charge in [-0.1, -0.05) is 36.4 Å². The molecule has 5 heteroatoms. The Labute approximate surface area is 141 Å². The molecule has 120 valence electrons. The summed E-state index contributed by atoms with van der Waals surface area (Å²) < 4.78 is 0. The molecule has 0 amide bonds. The van der Waals surface area contributed by atoms with Gasteiger partial charge in [0, 0.05) is 24.5 Å². The van der Waals surface area contributed by atoms with Crippen LogP contribution in [0, 0.1) is 0 Å². The van der Waals surface area contributed by atoms with Crippen LogP contribution in [0.5, 0.6) is 0 Å². The van der Waals surface area contributed by atoms with E-state index < -0.39 is 0 Å². The maximum Gasteiger partial charge on any atom is 0.252 e. The number of fused-ring (bicyclic) bond motifs is 1. The number of rotatable bonds is 3. The third kappa shape index (κ3) is 2.48. The van der Waals surface area contributed by atoms with Crippen molar-refractivity contribution in [1.82, 2.24) is 15.2 Å². The number of hydrogen-bond acceptors (Lipinski definition) is 5. The van der Waals surface area contributed by atoms with Crippen molar-refractivity contribution in [2.24, 2.45) is 0 Å². The Balaban J connectivity index is 1.71. The van der Waals surface area contributed by atoms with Gasteiger partial charge in [-0.05, 0) is 37.1 Å². The monoisotopic (exact) mass is 317 g/mol. The van der Waals surface area contributed by atoms with Gasteiger partial charge in [0.1, 0.15) is 0 Å². The van der Waals surface area contributed by atoms with Crippen LogP contribution in [0.3, 0.4) is 0 Å². The first kappa shape index (κ1) is 14.6. The van der Waals surface area contributed by atoms with Crippen LogP contribution in [0.25, 0.3) is 0 Å². The SMILES string of the molecule is CC1Cc2ccccc2N1c1nncc(N(C)c2ccccc2)n1. The number of anilines is 4. The molecule has 0 spiro atoms. The molecule has 5 nitrogen and oxygen atoms in total. The van der Waals surface area contributed by atoms with Crippen molar-refractivity contribution in [3.8, 4) is 0 Å². The fourth-order valence-corrected chi connectivity index (χ4v) is 3.20. The normalized spacial score (nSPS) is 16.1. The van der Waals surface area contributed by atoms with Crippen LogP contribution in [0.1, 0.15) is 12.5 Å². The smallest absolute Gasteiger partial charge is 0.252 e. The van der Waals surface area contributed by atoms with Gasteiger partial charge >= 0.3 is 0 Å². The highest BCUT2D eigenvalue weighted by atomic mass is 15.4. The highest BCUT2D eigenvalue weighted by molar-refractivity contribution is 5.68. The van der Waals surface area contributed by atoms with Crippen molar-refractivity contribution in [3.63, 3.8) is 0 Å². The first-order valence-electron chi connectivity index (χ1n) is 8.09. The molecule has 0 saturated heterocycles. The zero-order chi connectivity index (χ0) is 16.5. The van der Waals surface area contributed by atoms with E-state index in [9.17, 15) is 0 Å². The molecule has 0 fully saturated rings. The van der Waals surface area contributed by atoms with Gasteiger partial charge in [0.2, 0.25) is 0 Å². The van der Waals surface area contributed by atoms with Crippen LogP contribution in [0.4, 0.5) is 23.1 Å². The van der Waals surface area contributed by atoms with Gasteiger partial charge in [-0.15, -0.1) is 5.10 Å². The van der Waals surface area contributed by atoms with Crippen molar-refractivity contribution < 1.29 is 0 Å². The van der Waals surface area contributed by atoms with Gasteiger partial charge < -0.3 is 9.80 Å². The van der Waals surface area contributed by atoms with Crippen LogP contribution in [-0.4, -0.2) is 28.3 Å². The maximum absolute atomic E-state index is 4.76. The number of para-hydroxylation sites is 2. The van der Waals surface area contributed by atoms with E-state index in [0.717, 1.165) is 17.9 Å². The van der Waals surface area contributed by atoms with E-state index in [0.29, 0.717) is 12.0 Å². The van der Waals surface area contributed by atoms with Crippen molar-refractivity contribution in [2.75, 3.05) is 16.8 Å². The molecule has 2 aromatic carbocycles. The Morgan fingerprint density at radius 1 is 1.04 bits per heavy atom. The molecule has 4 rings (SSSR count). The summed E-state index contributed by atoms with van der Waals surface area (Å²) in [6, 6.07) is 18.9. The number of nitrogens with zero attached hydrogens (tertiary/aromatic N) is 5. The van der Waals surface area contributed by atoms with E-state index in [4.69, 9.17) is 4.98 Å². The summed E-state index contributed by atoms with van der Waals surface area (Å²) in [5.74, 6) is 1.43. The van der Waals surface area contributed by atoms with Crippen LogP contribution in [0.15, 0.2) is 60.8 Å². The third-order valence-corrected chi connectivity index (χ3v) is 4.44. The van der Waals surface area contributed by atoms with Crippen LogP contribution in [-0.2, 0) is 6.42 Å². The number of aromatic nitrogens is 3. The molecule has 0 saturated carbocycles. The topological polar surface area (TPSA) is 45.2 Å². The van der Waals surface area contributed by atoms with Crippen molar-refractivity contribution in [2.45, 2.75) is 19.4 Å². The number of hydrogen-bond donors (Lipinski definition) is 0. The molecule has 1 aliphatic heterocycles. The molecule has 3 aromatic rings. The molecule has 2 heterocycles. The molecular weight excluding hydrogens is 298 g/mol. The molecule has 24 heavy (non-hydrogen) atoms. The summed E-state index contributed by atoms with van der Waals surface area (Å²) in [4.78, 5) is 8.95. The lowest BCUT2D eigenvalue weighted by Gasteiger charge is -2.24.